The first-order chi connectivity index (χ1) is 27.7. The summed E-state index contributed by atoms with van der Waals surface area (Å²) in [5.41, 5.74) is 11.7. The van der Waals surface area contributed by atoms with E-state index in [1.54, 1.807) is 6.07 Å². The first kappa shape index (κ1) is 38.1. The number of hydrogen-bond donors (Lipinski definition) is 4. The molecule has 0 aliphatic heterocycles. The standard InChI is InChI=1S/C22H22N4O.C12H9ClN4O.C8H8N4/c1-15(2)17-11-8-16(9-12-17)10-13-19-14-20(27)26-22(23-19)24-21(25-26)18-6-4-3-5-7-18;13-7-9-6-10(18)17-12(14-9)15-11(16-17)8-4-2-1-3-5-8;9-8-10-7(11-12-8)6-4-2-1-3-5-6/h3-9,11-12,14-15H,10,13H2,1-2H3,(H,23,24,25);1-6H,7H2,(H,14,15,16);1-5H,(H3,9,10,11,12). The maximum atomic E-state index is 12.4. The van der Waals surface area contributed by atoms with Crippen LogP contribution in [-0.4, -0.2) is 54.3 Å². The van der Waals surface area contributed by atoms with Crippen molar-refractivity contribution in [1.29, 1.82) is 0 Å². The van der Waals surface area contributed by atoms with E-state index in [-0.39, 0.29) is 22.9 Å². The van der Waals surface area contributed by atoms with E-state index >= 15 is 0 Å². The van der Waals surface area contributed by atoms with Crippen molar-refractivity contribution in [1.82, 2.24) is 54.3 Å². The monoisotopic (exact) mass is 778 g/mol. The molecule has 0 aliphatic carbocycles. The van der Waals surface area contributed by atoms with Gasteiger partial charge in [-0.15, -0.1) is 16.7 Å². The van der Waals surface area contributed by atoms with Gasteiger partial charge >= 0.3 is 0 Å². The Morgan fingerprint density at radius 2 is 1.07 bits per heavy atom. The van der Waals surface area contributed by atoms with Crippen molar-refractivity contribution in [2.75, 3.05) is 5.73 Å². The van der Waals surface area contributed by atoms with Gasteiger partial charge in [-0.05, 0) is 29.9 Å². The first-order valence-electron chi connectivity index (χ1n) is 18.2. The topological polar surface area (TPSA) is 194 Å². The van der Waals surface area contributed by atoms with Gasteiger partial charge in [0.25, 0.3) is 22.7 Å². The maximum Gasteiger partial charge on any atom is 0.274 e. The number of nitrogen functional groups attached to an aromatic ring is 1. The third-order valence-electron chi connectivity index (χ3n) is 8.86. The molecule has 5 N–H and O–H groups in total. The number of rotatable bonds is 8. The van der Waals surface area contributed by atoms with Crippen LogP contribution in [0.5, 0.6) is 0 Å². The second-order valence-electron chi connectivity index (χ2n) is 13.3. The Hall–Kier alpha value is -7.19. The zero-order valence-corrected chi connectivity index (χ0v) is 31.9. The van der Waals surface area contributed by atoms with E-state index in [0.717, 1.165) is 28.8 Å². The van der Waals surface area contributed by atoms with Crippen LogP contribution in [0, 0.1) is 0 Å². The predicted octanol–water partition coefficient (Wildman–Crippen LogP) is 6.87. The van der Waals surface area contributed by atoms with Crippen molar-refractivity contribution >= 4 is 29.1 Å². The summed E-state index contributed by atoms with van der Waals surface area (Å²) in [6.45, 7) is 4.38. The third-order valence-corrected chi connectivity index (χ3v) is 9.14. The fourth-order valence-corrected chi connectivity index (χ4v) is 5.98. The molecule has 0 unspecified atom stereocenters. The van der Waals surface area contributed by atoms with E-state index in [0.29, 0.717) is 47.1 Å². The Labute approximate surface area is 331 Å². The number of aryl methyl sites for hydroxylation is 2. The van der Waals surface area contributed by atoms with Gasteiger partial charge in [0.2, 0.25) is 5.95 Å². The Morgan fingerprint density at radius 1 is 0.596 bits per heavy atom. The highest BCUT2D eigenvalue weighted by Gasteiger charge is 2.11. The van der Waals surface area contributed by atoms with Crippen LogP contribution in [0.25, 0.3) is 45.7 Å². The zero-order chi connectivity index (χ0) is 39.7. The van der Waals surface area contributed by atoms with Crippen LogP contribution in [0.2, 0.25) is 0 Å². The number of alkyl halides is 1. The number of nitrogens with zero attached hydrogens (tertiary/aromatic N) is 8. The number of aromatic nitrogens is 11. The van der Waals surface area contributed by atoms with E-state index in [1.165, 1.54) is 26.2 Å². The molecule has 0 spiro atoms. The van der Waals surface area contributed by atoms with Crippen molar-refractivity contribution in [2.45, 2.75) is 38.5 Å². The Bertz CT molecular complexity index is 2810. The van der Waals surface area contributed by atoms with Crippen molar-refractivity contribution in [3.8, 4) is 34.2 Å². The lowest BCUT2D eigenvalue weighted by Gasteiger charge is -2.06. The number of nitrogens with two attached hydrogens (primary N) is 1. The average Bonchev–Trinajstić information content (AvgIpc) is 4.01. The first-order valence-corrected chi connectivity index (χ1v) is 18.7. The van der Waals surface area contributed by atoms with E-state index in [2.05, 4.69) is 83.4 Å². The van der Waals surface area contributed by atoms with Crippen molar-refractivity contribution in [2.24, 2.45) is 0 Å². The van der Waals surface area contributed by atoms with Gasteiger partial charge in [0.1, 0.15) is 0 Å². The molecule has 0 saturated heterocycles. The molecule has 4 aromatic carbocycles. The fourth-order valence-electron chi connectivity index (χ4n) is 5.84. The summed E-state index contributed by atoms with van der Waals surface area (Å²) >= 11 is 5.67. The fraction of sp³-hybridized carbons (Fsp3) is 0.143. The average molecular weight is 779 g/mol. The van der Waals surface area contributed by atoms with E-state index in [4.69, 9.17) is 17.3 Å². The van der Waals surface area contributed by atoms with Crippen molar-refractivity contribution in [3.05, 3.63) is 171 Å². The molecular weight excluding hydrogens is 740 g/mol. The smallest absolute Gasteiger partial charge is 0.274 e. The minimum absolute atomic E-state index is 0.139. The van der Waals surface area contributed by atoms with Gasteiger partial charge in [-0.2, -0.15) is 24.0 Å². The van der Waals surface area contributed by atoms with E-state index in [9.17, 15) is 9.59 Å². The second kappa shape index (κ2) is 17.5. The number of anilines is 1. The molecule has 57 heavy (non-hydrogen) atoms. The highest BCUT2D eigenvalue weighted by atomic mass is 35.5. The lowest BCUT2D eigenvalue weighted by Crippen LogP contribution is -2.16. The highest BCUT2D eigenvalue weighted by molar-refractivity contribution is 6.16. The minimum Gasteiger partial charge on any atom is -0.366 e. The lowest BCUT2D eigenvalue weighted by molar-refractivity contribution is 0.846. The molecule has 0 bridgehead atoms. The number of H-pyrrole nitrogens is 3. The Balaban J connectivity index is 0.000000142. The molecule has 286 valence electrons. The summed E-state index contributed by atoms with van der Waals surface area (Å²) in [6, 6.07) is 40.6. The molecule has 14 nitrogen and oxygen atoms in total. The molecule has 0 radical (unpaired) electrons. The van der Waals surface area contributed by atoms with Gasteiger partial charge in [0.15, 0.2) is 17.5 Å². The highest BCUT2D eigenvalue weighted by Crippen LogP contribution is 2.18. The summed E-state index contributed by atoms with van der Waals surface area (Å²) in [4.78, 5) is 45.7. The molecule has 0 aliphatic rings. The SMILES string of the molecule is CC(C)c1ccc(CCc2cc(=O)n3[nH]c(-c4ccccc4)nc3n2)cc1.Nc1n[nH]c(-c2ccccc2)n1.O=c1cc(CCl)nc2nc(-c3ccccc3)[nH]n12. The normalized spacial score (nSPS) is 10.9. The van der Waals surface area contributed by atoms with Gasteiger partial charge in [-0.3, -0.25) is 24.9 Å². The van der Waals surface area contributed by atoms with E-state index < -0.39 is 0 Å². The summed E-state index contributed by atoms with van der Waals surface area (Å²) in [7, 11) is 0. The molecular formula is C42H39ClN12O2. The number of aromatic amines is 3. The number of benzene rings is 4. The molecule has 5 heterocycles. The number of fused-ring (bicyclic) bond motifs is 2. The van der Waals surface area contributed by atoms with Crippen LogP contribution >= 0.6 is 11.6 Å². The van der Waals surface area contributed by atoms with Gasteiger partial charge in [-0.1, -0.05) is 129 Å². The van der Waals surface area contributed by atoms with Gasteiger partial charge in [0.05, 0.1) is 17.3 Å². The van der Waals surface area contributed by atoms with E-state index in [1.807, 2.05) is 91.0 Å². The predicted molar refractivity (Wildman–Crippen MR) is 222 cm³/mol. The molecule has 0 atom stereocenters. The lowest BCUT2D eigenvalue weighted by atomic mass is 10.00. The summed E-state index contributed by atoms with van der Waals surface area (Å²) in [5, 5.41) is 12.4. The molecule has 0 fully saturated rings. The molecule has 0 saturated carbocycles. The quantitative estimate of drug-likeness (QED) is 0.119. The van der Waals surface area contributed by atoms with Gasteiger partial charge < -0.3 is 5.73 Å². The molecule has 0 amide bonds. The molecule has 5 aromatic heterocycles. The maximum absolute atomic E-state index is 12.4. The Morgan fingerprint density at radius 3 is 1.53 bits per heavy atom. The number of halogens is 1. The van der Waals surface area contributed by atoms with Crippen molar-refractivity contribution < 1.29 is 0 Å². The zero-order valence-electron chi connectivity index (χ0n) is 31.2. The number of hydrogen-bond acceptors (Lipinski definition) is 9. The summed E-state index contributed by atoms with van der Waals surface area (Å²) < 4.78 is 2.70. The van der Waals surface area contributed by atoms with Crippen LogP contribution in [0.15, 0.2) is 137 Å². The Kier molecular flexibility index (Phi) is 11.7. The summed E-state index contributed by atoms with van der Waals surface area (Å²) in [6.07, 6.45) is 1.55. The van der Waals surface area contributed by atoms with Crippen LogP contribution in [0.4, 0.5) is 5.95 Å². The molecule has 9 rings (SSSR count). The van der Waals surface area contributed by atoms with Crippen molar-refractivity contribution in [3.63, 3.8) is 0 Å². The van der Waals surface area contributed by atoms with Gasteiger partial charge in [0, 0.05) is 28.8 Å². The van der Waals surface area contributed by atoms with Crippen LogP contribution < -0.4 is 16.9 Å². The minimum atomic E-state index is -0.217. The van der Waals surface area contributed by atoms with Crippen LogP contribution in [0.3, 0.4) is 0 Å². The second-order valence-corrected chi connectivity index (χ2v) is 13.5. The van der Waals surface area contributed by atoms with Crippen LogP contribution in [0.1, 0.15) is 42.3 Å². The number of nitrogens with one attached hydrogen (secondary N) is 3. The van der Waals surface area contributed by atoms with Crippen LogP contribution in [-0.2, 0) is 18.7 Å². The molecule has 15 heteroatoms. The largest absolute Gasteiger partial charge is 0.366 e. The third kappa shape index (κ3) is 9.37. The van der Waals surface area contributed by atoms with Gasteiger partial charge in [-0.25, -0.2) is 9.97 Å². The molecule has 9 aromatic rings. The summed E-state index contributed by atoms with van der Waals surface area (Å²) in [5.74, 6) is 3.68.